The molecule has 1 unspecified atom stereocenters. The molecule has 0 bridgehead atoms. The molecule has 90 valence electrons. The first-order chi connectivity index (χ1) is 8.38. The van der Waals surface area contributed by atoms with Crippen LogP contribution in [0.2, 0.25) is 0 Å². The van der Waals surface area contributed by atoms with Crippen LogP contribution in [0.5, 0.6) is 0 Å². The maximum Gasteiger partial charge on any atom is 0.115 e. The molecule has 0 spiro atoms. The Balaban J connectivity index is 1.92. The van der Waals surface area contributed by atoms with Crippen LogP contribution in [0.1, 0.15) is 39.8 Å². The fourth-order valence-electron chi connectivity index (χ4n) is 2.30. The van der Waals surface area contributed by atoms with Gasteiger partial charge in [0.1, 0.15) is 5.01 Å². The molecule has 4 heteroatoms. The Morgan fingerprint density at radius 3 is 3.12 bits per heavy atom. The molecule has 0 radical (unpaired) electrons. The summed E-state index contributed by atoms with van der Waals surface area (Å²) in [5.74, 6) is 0. The molecule has 2 aromatic heterocycles. The van der Waals surface area contributed by atoms with E-state index in [0.717, 1.165) is 6.54 Å². The lowest BCUT2D eigenvalue weighted by Gasteiger charge is -2.13. The van der Waals surface area contributed by atoms with Crippen LogP contribution in [-0.2, 0) is 12.8 Å². The van der Waals surface area contributed by atoms with E-state index in [4.69, 9.17) is 4.98 Å². The minimum absolute atomic E-state index is 0.301. The highest BCUT2D eigenvalue weighted by Crippen LogP contribution is 2.34. The lowest BCUT2D eigenvalue weighted by molar-refractivity contribution is 0.634. The fraction of sp³-hybridized carbons (Fsp3) is 0.462. The van der Waals surface area contributed by atoms with Crippen LogP contribution in [0.4, 0.5) is 0 Å². The summed E-state index contributed by atoms with van der Waals surface area (Å²) in [6.45, 7) is 3.13. The third kappa shape index (κ3) is 2.17. The summed E-state index contributed by atoms with van der Waals surface area (Å²) in [4.78, 5) is 7.72. The van der Waals surface area contributed by atoms with E-state index in [9.17, 15) is 0 Å². The Morgan fingerprint density at radius 1 is 1.47 bits per heavy atom. The van der Waals surface area contributed by atoms with Gasteiger partial charge in [-0.25, -0.2) is 4.98 Å². The van der Waals surface area contributed by atoms with Crippen molar-refractivity contribution >= 4 is 22.7 Å². The maximum atomic E-state index is 4.83. The molecular weight excluding hydrogens is 248 g/mol. The molecule has 0 aliphatic heterocycles. The average molecular weight is 264 g/mol. The molecule has 1 aliphatic carbocycles. The summed E-state index contributed by atoms with van der Waals surface area (Å²) in [5, 5.41) is 6.94. The minimum Gasteiger partial charge on any atom is -0.304 e. The first-order valence-corrected chi connectivity index (χ1v) is 7.83. The number of hydrogen-bond acceptors (Lipinski definition) is 4. The monoisotopic (exact) mass is 264 g/mol. The number of nitrogens with one attached hydrogen (secondary N) is 1. The zero-order valence-electron chi connectivity index (χ0n) is 9.90. The molecule has 1 N–H and O–H groups in total. The number of hydrogen-bond donors (Lipinski definition) is 1. The van der Waals surface area contributed by atoms with Gasteiger partial charge in [0.05, 0.1) is 11.7 Å². The topological polar surface area (TPSA) is 24.9 Å². The molecule has 17 heavy (non-hydrogen) atoms. The first-order valence-electron chi connectivity index (χ1n) is 6.13. The van der Waals surface area contributed by atoms with E-state index in [1.807, 2.05) is 22.7 Å². The van der Waals surface area contributed by atoms with Gasteiger partial charge in [0.25, 0.3) is 0 Å². The zero-order chi connectivity index (χ0) is 11.7. The Kier molecular flexibility index (Phi) is 3.27. The number of thiophene rings is 1. The molecule has 0 saturated heterocycles. The average Bonchev–Trinajstić information content (AvgIpc) is 3.01. The smallest absolute Gasteiger partial charge is 0.115 e. The van der Waals surface area contributed by atoms with Crippen molar-refractivity contribution in [1.82, 2.24) is 10.3 Å². The van der Waals surface area contributed by atoms with Crippen molar-refractivity contribution in [2.75, 3.05) is 6.54 Å². The summed E-state index contributed by atoms with van der Waals surface area (Å²) in [6, 6.07) is 4.62. The fourth-order valence-corrected chi connectivity index (χ4v) is 4.43. The summed E-state index contributed by atoms with van der Waals surface area (Å²) in [5.41, 5.74) is 1.35. The van der Waals surface area contributed by atoms with Gasteiger partial charge in [-0.15, -0.1) is 22.7 Å². The predicted molar refractivity (Wildman–Crippen MR) is 74.0 cm³/mol. The molecule has 2 heterocycles. The van der Waals surface area contributed by atoms with Crippen LogP contribution in [0, 0.1) is 0 Å². The molecule has 1 atom stereocenters. The van der Waals surface area contributed by atoms with Crippen LogP contribution in [0.3, 0.4) is 0 Å². The second kappa shape index (κ2) is 4.88. The SMILES string of the molecule is CCNC(c1cccs1)c1nc2c(s1)CCC2. The van der Waals surface area contributed by atoms with Crippen LogP contribution in [-0.4, -0.2) is 11.5 Å². The molecule has 0 amide bonds. The second-order valence-electron chi connectivity index (χ2n) is 4.28. The molecule has 3 rings (SSSR count). The number of aromatic nitrogens is 1. The molecule has 2 aromatic rings. The molecule has 0 saturated carbocycles. The predicted octanol–water partition coefficient (Wildman–Crippen LogP) is 3.39. The van der Waals surface area contributed by atoms with Gasteiger partial charge in [0.2, 0.25) is 0 Å². The Labute approximate surface area is 110 Å². The molecule has 0 aromatic carbocycles. The van der Waals surface area contributed by atoms with Crippen molar-refractivity contribution in [3.63, 3.8) is 0 Å². The van der Waals surface area contributed by atoms with Crippen molar-refractivity contribution in [3.8, 4) is 0 Å². The van der Waals surface area contributed by atoms with Crippen molar-refractivity contribution < 1.29 is 0 Å². The number of thiazole rings is 1. The second-order valence-corrected chi connectivity index (χ2v) is 6.38. The van der Waals surface area contributed by atoms with Crippen LogP contribution >= 0.6 is 22.7 Å². The van der Waals surface area contributed by atoms with E-state index in [2.05, 4.69) is 29.8 Å². The van der Waals surface area contributed by atoms with E-state index in [0.29, 0.717) is 6.04 Å². The van der Waals surface area contributed by atoms with Crippen LogP contribution in [0.25, 0.3) is 0 Å². The highest BCUT2D eigenvalue weighted by Gasteiger charge is 2.23. The normalized spacial score (nSPS) is 16.1. The summed E-state index contributed by atoms with van der Waals surface area (Å²) in [7, 11) is 0. The van der Waals surface area contributed by atoms with Crippen molar-refractivity contribution in [3.05, 3.63) is 38.0 Å². The minimum atomic E-state index is 0.301. The molecule has 1 aliphatic rings. The van der Waals surface area contributed by atoms with E-state index < -0.39 is 0 Å². The Hall–Kier alpha value is -0.710. The summed E-state index contributed by atoms with van der Waals surface area (Å²) in [6.07, 6.45) is 3.70. The molecule has 2 nitrogen and oxygen atoms in total. The standard InChI is InChI=1S/C13H16N2S2/c1-2-14-12(11-7-4-8-16-11)13-15-9-5-3-6-10(9)17-13/h4,7-8,12,14H,2-3,5-6H2,1H3. The number of aryl methyl sites for hydroxylation is 2. The molecular formula is C13H16N2S2. The largest absolute Gasteiger partial charge is 0.304 e. The Morgan fingerprint density at radius 2 is 2.41 bits per heavy atom. The van der Waals surface area contributed by atoms with Gasteiger partial charge in [-0.3, -0.25) is 0 Å². The van der Waals surface area contributed by atoms with E-state index in [1.165, 1.54) is 39.7 Å². The third-order valence-electron chi connectivity index (χ3n) is 3.10. The van der Waals surface area contributed by atoms with Gasteiger partial charge >= 0.3 is 0 Å². The molecule has 0 fully saturated rings. The number of fused-ring (bicyclic) bond motifs is 1. The van der Waals surface area contributed by atoms with E-state index >= 15 is 0 Å². The lowest BCUT2D eigenvalue weighted by atomic mass is 10.2. The third-order valence-corrected chi connectivity index (χ3v) is 5.25. The van der Waals surface area contributed by atoms with E-state index in [-0.39, 0.29) is 0 Å². The highest BCUT2D eigenvalue weighted by molar-refractivity contribution is 7.12. The summed E-state index contributed by atoms with van der Waals surface area (Å²) >= 11 is 3.71. The highest BCUT2D eigenvalue weighted by atomic mass is 32.1. The van der Waals surface area contributed by atoms with Crippen molar-refractivity contribution in [2.45, 2.75) is 32.2 Å². The quantitative estimate of drug-likeness (QED) is 0.915. The van der Waals surface area contributed by atoms with Crippen LogP contribution in [0.15, 0.2) is 17.5 Å². The zero-order valence-corrected chi connectivity index (χ0v) is 11.5. The summed E-state index contributed by atoms with van der Waals surface area (Å²) < 4.78 is 0. The number of rotatable bonds is 4. The van der Waals surface area contributed by atoms with Gasteiger partial charge in [-0.2, -0.15) is 0 Å². The van der Waals surface area contributed by atoms with Gasteiger partial charge in [0.15, 0.2) is 0 Å². The lowest BCUT2D eigenvalue weighted by Crippen LogP contribution is -2.21. The maximum absolute atomic E-state index is 4.83. The van der Waals surface area contributed by atoms with Crippen molar-refractivity contribution in [1.29, 1.82) is 0 Å². The van der Waals surface area contributed by atoms with Gasteiger partial charge in [-0.1, -0.05) is 13.0 Å². The Bertz CT molecular complexity index is 466. The van der Waals surface area contributed by atoms with Crippen LogP contribution < -0.4 is 5.32 Å². The van der Waals surface area contributed by atoms with Gasteiger partial charge in [0, 0.05) is 9.75 Å². The van der Waals surface area contributed by atoms with Crippen molar-refractivity contribution in [2.24, 2.45) is 0 Å². The number of nitrogens with zero attached hydrogens (tertiary/aromatic N) is 1. The van der Waals surface area contributed by atoms with Gasteiger partial charge in [-0.05, 0) is 37.3 Å². The first kappa shape index (κ1) is 11.4. The van der Waals surface area contributed by atoms with Gasteiger partial charge < -0.3 is 5.32 Å². The van der Waals surface area contributed by atoms with E-state index in [1.54, 1.807) is 0 Å².